The molecule has 0 spiro atoms. The van der Waals surface area contributed by atoms with E-state index in [1.165, 1.54) is 0 Å². The maximum atomic E-state index is 11.7. The SMILES string of the molecule is C=CC[N+](CC=C)(CCOCC)CC(=O)OCC. The minimum Gasteiger partial charge on any atom is -0.462 e. The van der Waals surface area contributed by atoms with Crippen molar-refractivity contribution < 1.29 is 18.8 Å². The highest BCUT2D eigenvalue weighted by molar-refractivity contribution is 5.70. The predicted molar refractivity (Wildman–Crippen MR) is 73.2 cm³/mol. The standard InChI is InChI=1S/C14H26NO3/c1-5-9-15(10-6-2,11-12-17-7-3)13-14(16)18-8-4/h5-6H,1-2,7-13H2,3-4H3/q+1. The second-order valence-corrected chi connectivity index (χ2v) is 4.17. The van der Waals surface area contributed by atoms with Gasteiger partial charge in [0.1, 0.15) is 6.54 Å². The van der Waals surface area contributed by atoms with Gasteiger partial charge < -0.3 is 14.0 Å². The Kier molecular flexibility index (Phi) is 9.24. The van der Waals surface area contributed by atoms with E-state index in [-0.39, 0.29) is 5.97 Å². The van der Waals surface area contributed by atoms with Crippen LogP contribution in [-0.2, 0) is 14.3 Å². The van der Waals surface area contributed by atoms with Crippen molar-refractivity contribution in [1.29, 1.82) is 0 Å². The number of ether oxygens (including phenoxy) is 2. The maximum absolute atomic E-state index is 11.7. The third-order valence-corrected chi connectivity index (χ3v) is 2.72. The van der Waals surface area contributed by atoms with E-state index in [1.807, 2.05) is 26.0 Å². The lowest BCUT2D eigenvalue weighted by Gasteiger charge is -2.35. The number of nitrogens with zero attached hydrogens (tertiary/aromatic N) is 1. The van der Waals surface area contributed by atoms with Gasteiger partial charge in [-0.2, -0.15) is 0 Å². The molecule has 0 rings (SSSR count). The van der Waals surface area contributed by atoms with Gasteiger partial charge in [0, 0.05) is 6.61 Å². The molecule has 0 N–H and O–H groups in total. The lowest BCUT2D eigenvalue weighted by molar-refractivity contribution is -0.910. The van der Waals surface area contributed by atoms with Crippen LogP contribution in [0.25, 0.3) is 0 Å². The van der Waals surface area contributed by atoms with Gasteiger partial charge >= 0.3 is 5.97 Å². The lowest BCUT2D eigenvalue weighted by atomic mass is 10.3. The molecule has 4 heteroatoms. The Morgan fingerprint density at radius 1 is 1.17 bits per heavy atom. The zero-order chi connectivity index (χ0) is 13.9. The first kappa shape index (κ1) is 16.9. The van der Waals surface area contributed by atoms with Gasteiger partial charge in [-0.05, 0) is 26.0 Å². The number of hydrogen-bond acceptors (Lipinski definition) is 3. The van der Waals surface area contributed by atoms with E-state index >= 15 is 0 Å². The number of rotatable bonds is 11. The first-order chi connectivity index (χ1) is 8.64. The van der Waals surface area contributed by atoms with Crippen LogP contribution < -0.4 is 0 Å². The van der Waals surface area contributed by atoms with E-state index < -0.39 is 0 Å². The van der Waals surface area contributed by atoms with E-state index in [0.29, 0.717) is 43.9 Å². The summed E-state index contributed by atoms with van der Waals surface area (Å²) in [7, 11) is 0. The monoisotopic (exact) mass is 256 g/mol. The fourth-order valence-corrected chi connectivity index (χ4v) is 1.90. The first-order valence-corrected chi connectivity index (χ1v) is 6.44. The Morgan fingerprint density at radius 2 is 1.78 bits per heavy atom. The van der Waals surface area contributed by atoms with E-state index in [9.17, 15) is 4.79 Å². The Morgan fingerprint density at radius 3 is 2.22 bits per heavy atom. The van der Waals surface area contributed by atoms with Crippen molar-refractivity contribution >= 4 is 5.97 Å². The van der Waals surface area contributed by atoms with Crippen LogP contribution in [0.1, 0.15) is 13.8 Å². The summed E-state index contributed by atoms with van der Waals surface area (Å²) in [5, 5.41) is 0. The quantitative estimate of drug-likeness (QED) is 0.245. The predicted octanol–water partition coefficient (Wildman–Crippen LogP) is 1.77. The van der Waals surface area contributed by atoms with Crippen molar-refractivity contribution in [2.24, 2.45) is 0 Å². The van der Waals surface area contributed by atoms with Crippen LogP contribution in [0.4, 0.5) is 0 Å². The third-order valence-electron chi connectivity index (χ3n) is 2.72. The van der Waals surface area contributed by atoms with Crippen LogP contribution in [0.5, 0.6) is 0 Å². The number of carbonyl (C=O) groups is 1. The number of quaternary nitrogens is 1. The summed E-state index contributed by atoms with van der Waals surface area (Å²) in [4.78, 5) is 11.7. The van der Waals surface area contributed by atoms with Crippen molar-refractivity contribution in [3.05, 3.63) is 25.3 Å². The van der Waals surface area contributed by atoms with Crippen LogP contribution >= 0.6 is 0 Å². The molecule has 0 amide bonds. The maximum Gasteiger partial charge on any atom is 0.361 e. The van der Waals surface area contributed by atoms with Gasteiger partial charge in [0.2, 0.25) is 0 Å². The summed E-state index contributed by atoms with van der Waals surface area (Å²) in [6.07, 6.45) is 3.66. The molecule has 0 saturated carbocycles. The summed E-state index contributed by atoms with van der Waals surface area (Å²) in [6.45, 7) is 15.5. The average Bonchev–Trinajstić information content (AvgIpc) is 2.30. The second kappa shape index (κ2) is 9.85. The molecule has 0 bridgehead atoms. The molecule has 0 aliphatic carbocycles. The van der Waals surface area contributed by atoms with Gasteiger partial charge in [-0.25, -0.2) is 4.79 Å². The minimum atomic E-state index is -0.183. The van der Waals surface area contributed by atoms with E-state index in [1.54, 1.807) is 0 Å². The van der Waals surface area contributed by atoms with Gasteiger partial charge in [-0.1, -0.05) is 13.2 Å². The van der Waals surface area contributed by atoms with Crippen LogP contribution in [0.15, 0.2) is 25.3 Å². The van der Waals surface area contributed by atoms with Gasteiger partial charge in [0.05, 0.1) is 26.3 Å². The van der Waals surface area contributed by atoms with Gasteiger partial charge in [-0.3, -0.25) is 0 Å². The molecule has 0 fully saturated rings. The molecule has 0 atom stereocenters. The molecule has 0 aromatic carbocycles. The molecular formula is C14H26NO3+. The highest BCUT2D eigenvalue weighted by Gasteiger charge is 2.28. The normalized spacial score (nSPS) is 11.0. The third kappa shape index (κ3) is 6.57. The number of esters is 1. The van der Waals surface area contributed by atoms with E-state index in [0.717, 1.165) is 6.54 Å². The molecule has 0 aliphatic heterocycles. The summed E-state index contributed by atoms with van der Waals surface area (Å²) in [5.74, 6) is -0.183. The van der Waals surface area contributed by atoms with Crippen molar-refractivity contribution in [1.82, 2.24) is 0 Å². The smallest absolute Gasteiger partial charge is 0.361 e. The van der Waals surface area contributed by atoms with Gasteiger partial charge in [0.25, 0.3) is 0 Å². The van der Waals surface area contributed by atoms with Crippen LogP contribution in [0, 0.1) is 0 Å². The molecule has 0 unspecified atom stereocenters. The largest absolute Gasteiger partial charge is 0.462 e. The van der Waals surface area contributed by atoms with Crippen molar-refractivity contribution in [2.45, 2.75) is 13.8 Å². The molecule has 18 heavy (non-hydrogen) atoms. The molecule has 0 radical (unpaired) electrons. The van der Waals surface area contributed by atoms with Crippen molar-refractivity contribution in [3.8, 4) is 0 Å². The first-order valence-electron chi connectivity index (χ1n) is 6.44. The summed E-state index contributed by atoms with van der Waals surface area (Å²) >= 11 is 0. The highest BCUT2D eigenvalue weighted by atomic mass is 16.5. The van der Waals surface area contributed by atoms with Crippen LogP contribution in [-0.4, -0.2) is 56.5 Å². The Labute approximate surface area is 110 Å². The van der Waals surface area contributed by atoms with E-state index in [4.69, 9.17) is 9.47 Å². The van der Waals surface area contributed by atoms with Crippen molar-refractivity contribution in [3.63, 3.8) is 0 Å². The minimum absolute atomic E-state index is 0.183. The molecule has 0 aromatic rings. The molecular weight excluding hydrogens is 230 g/mol. The highest BCUT2D eigenvalue weighted by Crippen LogP contribution is 2.08. The Balaban J connectivity index is 4.65. The number of carbonyl (C=O) groups excluding carboxylic acids is 1. The summed E-state index contributed by atoms with van der Waals surface area (Å²) in [6, 6.07) is 0. The average molecular weight is 256 g/mol. The zero-order valence-electron chi connectivity index (χ0n) is 11.7. The second-order valence-electron chi connectivity index (χ2n) is 4.17. The molecule has 4 nitrogen and oxygen atoms in total. The fraction of sp³-hybridized carbons (Fsp3) is 0.643. The van der Waals surface area contributed by atoms with Crippen LogP contribution in [0.2, 0.25) is 0 Å². The Bertz CT molecular complexity index is 254. The van der Waals surface area contributed by atoms with Gasteiger partial charge in [-0.15, -0.1) is 0 Å². The van der Waals surface area contributed by atoms with E-state index in [2.05, 4.69) is 13.2 Å². The molecule has 0 aromatic heterocycles. The lowest BCUT2D eigenvalue weighted by Crippen LogP contribution is -2.53. The molecule has 0 heterocycles. The number of hydrogen-bond donors (Lipinski definition) is 0. The zero-order valence-corrected chi connectivity index (χ0v) is 11.7. The topological polar surface area (TPSA) is 35.5 Å². The summed E-state index contributed by atoms with van der Waals surface area (Å²) < 4.78 is 11.0. The Hall–Kier alpha value is -1.13. The fourth-order valence-electron chi connectivity index (χ4n) is 1.90. The molecule has 104 valence electrons. The van der Waals surface area contributed by atoms with Crippen molar-refractivity contribution in [2.75, 3.05) is 46.0 Å². The van der Waals surface area contributed by atoms with Gasteiger partial charge in [0.15, 0.2) is 6.54 Å². The summed E-state index contributed by atoms with van der Waals surface area (Å²) in [5.41, 5.74) is 0. The van der Waals surface area contributed by atoms with Crippen LogP contribution in [0.3, 0.4) is 0 Å². The molecule has 0 saturated heterocycles. The molecule has 0 aliphatic rings.